The Hall–Kier alpha value is -2.59. The molecule has 0 aliphatic rings. The molecule has 0 radical (unpaired) electrons. The van der Waals surface area contributed by atoms with Crippen LogP contribution in [0.3, 0.4) is 0 Å². The van der Waals surface area contributed by atoms with Crippen molar-refractivity contribution < 1.29 is 14.4 Å². The molecule has 2 aromatic carbocycles. The van der Waals surface area contributed by atoms with Gasteiger partial charge in [0.2, 0.25) is 0 Å². The summed E-state index contributed by atoms with van der Waals surface area (Å²) < 4.78 is 5.18. The van der Waals surface area contributed by atoms with Crippen molar-refractivity contribution in [2.75, 3.05) is 7.05 Å². The lowest BCUT2D eigenvalue weighted by atomic mass is 10.1. The van der Waals surface area contributed by atoms with E-state index in [1.807, 2.05) is 0 Å². The molecule has 24 heavy (non-hydrogen) atoms. The van der Waals surface area contributed by atoms with Crippen LogP contribution < -0.4 is 10.5 Å². The number of rotatable bonds is 5. The highest BCUT2D eigenvalue weighted by Crippen LogP contribution is 2.21. The average molecular weight is 324 g/mol. The highest BCUT2D eigenvalue weighted by molar-refractivity contribution is 5.81. The van der Waals surface area contributed by atoms with Crippen molar-refractivity contribution in [3.63, 3.8) is 0 Å². The lowest BCUT2D eigenvalue weighted by Gasteiger charge is -2.15. The smallest absolute Gasteiger partial charge is 0.336 e. The molecule has 2 N–H and O–H groups in total. The Bertz CT molecular complexity index is 897. The molecule has 124 valence electrons. The summed E-state index contributed by atoms with van der Waals surface area (Å²) in [6.07, 6.45) is 1.04. The third-order valence-electron chi connectivity index (χ3n) is 4.24. The Balaban J connectivity index is 1.82. The average Bonchev–Trinajstić information content (AvgIpc) is 2.54. The van der Waals surface area contributed by atoms with Crippen LogP contribution in [0.2, 0.25) is 0 Å². The van der Waals surface area contributed by atoms with Crippen LogP contribution in [0.15, 0.2) is 57.7 Å². The van der Waals surface area contributed by atoms with Gasteiger partial charge in [-0.05, 0) is 24.1 Å². The standard InChI is InChI=1S/C20H21NO3/c1-3-14-4-6-15(7-5-14)12-21(2)13-16-10-20(23)24-19-11-17(22)8-9-18(16)19/h4-11,22H,3,12-13H2,1-2H3/p+1. The molecule has 0 aliphatic heterocycles. The molecule has 4 nitrogen and oxygen atoms in total. The van der Waals surface area contributed by atoms with Crippen LogP contribution in [0.5, 0.6) is 5.75 Å². The van der Waals surface area contributed by atoms with Gasteiger partial charge in [-0.15, -0.1) is 0 Å². The maximum atomic E-state index is 11.8. The van der Waals surface area contributed by atoms with Crippen LogP contribution in [-0.2, 0) is 19.5 Å². The summed E-state index contributed by atoms with van der Waals surface area (Å²) in [5.41, 5.74) is 3.59. The molecule has 0 bridgehead atoms. The summed E-state index contributed by atoms with van der Waals surface area (Å²) in [4.78, 5) is 13.0. The Morgan fingerprint density at radius 1 is 1.00 bits per heavy atom. The van der Waals surface area contributed by atoms with Crippen molar-refractivity contribution in [1.29, 1.82) is 0 Å². The first-order valence-corrected chi connectivity index (χ1v) is 8.20. The SMILES string of the molecule is CCc1ccc(C[NH+](C)Cc2cc(=O)oc3cc(O)ccc23)cc1. The van der Waals surface area contributed by atoms with Crippen molar-refractivity contribution in [3.05, 3.63) is 75.6 Å². The van der Waals surface area contributed by atoms with Gasteiger partial charge in [-0.25, -0.2) is 4.79 Å². The number of aromatic hydroxyl groups is 1. The summed E-state index contributed by atoms with van der Waals surface area (Å²) in [5.74, 6) is 0.0968. The number of nitrogens with one attached hydrogen (secondary N) is 1. The zero-order valence-corrected chi connectivity index (χ0v) is 14.0. The monoisotopic (exact) mass is 324 g/mol. The van der Waals surface area contributed by atoms with E-state index >= 15 is 0 Å². The lowest BCUT2D eigenvalue weighted by molar-refractivity contribution is -0.907. The van der Waals surface area contributed by atoms with Gasteiger partial charge in [-0.3, -0.25) is 0 Å². The predicted molar refractivity (Wildman–Crippen MR) is 94.3 cm³/mol. The Kier molecular flexibility index (Phi) is 4.67. The first kappa shape index (κ1) is 16.3. The summed E-state index contributed by atoms with van der Waals surface area (Å²) in [5, 5.41) is 10.4. The second-order valence-corrected chi connectivity index (χ2v) is 6.25. The van der Waals surface area contributed by atoms with Gasteiger partial charge < -0.3 is 14.4 Å². The zero-order valence-electron chi connectivity index (χ0n) is 14.0. The van der Waals surface area contributed by atoms with Crippen molar-refractivity contribution in [3.8, 4) is 5.75 Å². The molecule has 0 aliphatic carbocycles. The minimum absolute atomic E-state index is 0.0968. The quantitative estimate of drug-likeness (QED) is 0.708. The fourth-order valence-corrected chi connectivity index (χ4v) is 2.99. The molecule has 4 heteroatoms. The first-order valence-electron chi connectivity index (χ1n) is 8.20. The van der Waals surface area contributed by atoms with Gasteiger partial charge >= 0.3 is 5.63 Å². The highest BCUT2D eigenvalue weighted by Gasteiger charge is 2.12. The molecule has 3 rings (SSSR count). The van der Waals surface area contributed by atoms with Gasteiger partial charge in [0.1, 0.15) is 24.4 Å². The van der Waals surface area contributed by atoms with E-state index in [9.17, 15) is 9.90 Å². The van der Waals surface area contributed by atoms with Crippen molar-refractivity contribution >= 4 is 11.0 Å². The van der Waals surface area contributed by atoms with E-state index < -0.39 is 0 Å². The van der Waals surface area contributed by atoms with E-state index in [-0.39, 0.29) is 11.4 Å². The first-order chi connectivity index (χ1) is 11.5. The number of quaternary nitrogens is 1. The third-order valence-corrected chi connectivity index (χ3v) is 4.24. The summed E-state index contributed by atoms with van der Waals surface area (Å²) >= 11 is 0. The molecular formula is C20H22NO3+. The van der Waals surface area contributed by atoms with Crippen molar-refractivity contribution in [2.24, 2.45) is 0 Å². The number of hydrogen-bond acceptors (Lipinski definition) is 3. The van der Waals surface area contributed by atoms with Crippen LogP contribution in [-0.4, -0.2) is 12.2 Å². The molecule has 1 aromatic heterocycles. The largest absolute Gasteiger partial charge is 0.508 e. The van der Waals surface area contributed by atoms with Gasteiger partial charge in [0.15, 0.2) is 0 Å². The minimum atomic E-state index is -0.386. The molecule has 0 amide bonds. The topological polar surface area (TPSA) is 54.9 Å². The maximum Gasteiger partial charge on any atom is 0.336 e. The molecule has 0 saturated heterocycles. The van der Waals surface area contributed by atoms with E-state index in [1.54, 1.807) is 18.2 Å². The van der Waals surface area contributed by atoms with Gasteiger partial charge in [0.25, 0.3) is 0 Å². The van der Waals surface area contributed by atoms with Crippen LogP contribution in [0.25, 0.3) is 11.0 Å². The van der Waals surface area contributed by atoms with Crippen LogP contribution in [0.4, 0.5) is 0 Å². The fraction of sp³-hybridized carbons (Fsp3) is 0.250. The van der Waals surface area contributed by atoms with Gasteiger partial charge in [-0.1, -0.05) is 31.2 Å². The normalized spacial score (nSPS) is 12.4. The van der Waals surface area contributed by atoms with Crippen LogP contribution >= 0.6 is 0 Å². The summed E-state index contributed by atoms with van der Waals surface area (Å²) in [7, 11) is 2.11. The van der Waals surface area contributed by atoms with Crippen molar-refractivity contribution in [1.82, 2.24) is 0 Å². The zero-order chi connectivity index (χ0) is 17.1. The van der Waals surface area contributed by atoms with E-state index in [0.717, 1.165) is 23.9 Å². The molecule has 3 aromatic rings. The van der Waals surface area contributed by atoms with Gasteiger partial charge in [-0.2, -0.15) is 0 Å². The maximum absolute atomic E-state index is 11.8. The van der Waals surface area contributed by atoms with E-state index in [1.165, 1.54) is 22.1 Å². The second-order valence-electron chi connectivity index (χ2n) is 6.25. The van der Waals surface area contributed by atoms with Crippen LogP contribution in [0, 0.1) is 0 Å². The van der Waals surface area contributed by atoms with E-state index in [4.69, 9.17) is 4.42 Å². The number of phenolic OH excluding ortho intramolecular Hbond substituents is 1. The molecule has 0 fully saturated rings. The fourth-order valence-electron chi connectivity index (χ4n) is 2.99. The number of aryl methyl sites for hydroxylation is 1. The Morgan fingerprint density at radius 3 is 2.42 bits per heavy atom. The van der Waals surface area contributed by atoms with E-state index in [2.05, 4.69) is 38.2 Å². The number of phenols is 1. The van der Waals surface area contributed by atoms with Crippen LogP contribution in [0.1, 0.15) is 23.6 Å². The third kappa shape index (κ3) is 3.66. The molecule has 1 unspecified atom stereocenters. The minimum Gasteiger partial charge on any atom is -0.508 e. The van der Waals surface area contributed by atoms with Gasteiger partial charge in [0, 0.05) is 28.6 Å². The molecule has 1 heterocycles. The Morgan fingerprint density at radius 2 is 1.71 bits per heavy atom. The molecule has 0 saturated carbocycles. The summed E-state index contributed by atoms with van der Waals surface area (Å²) in [6, 6.07) is 15.1. The van der Waals surface area contributed by atoms with Crippen molar-refractivity contribution in [2.45, 2.75) is 26.4 Å². The molecule has 0 spiro atoms. The number of hydrogen-bond donors (Lipinski definition) is 2. The lowest BCUT2D eigenvalue weighted by Crippen LogP contribution is -3.06. The number of benzene rings is 2. The highest BCUT2D eigenvalue weighted by atomic mass is 16.4. The predicted octanol–water partition coefficient (Wildman–Crippen LogP) is 2.28. The molecular weight excluding hydrogens is 302 g/mol. The van der Waals surface area contributed by atoms with Gasteiger partial charge in [0.05, 0.1) is 7.05 Å². The summed E-state index contributed by atoms with van der Waals surface area (Å²) in [6.45, 7) is 3.74. The second kappa shape index (κ2) is 6.89. The number of fused-ring (bicyclic) bond motifs is 1. The van der Waals surface area contributed by atoms with E-state index in [0.29, 0.717) is 12.1 Å². The molecule has 1 atom stereocenters. The Labute approximate surface area is 141 Å².